The molecule has 0 amide bonds. The quantitative estimate of drug-likeness (QED) is 0.344. The van der Waals surface area contributed by atoms with Gasteiger partial charge >= 0.3 is 0 Å². The Morgan fingerprint density at radius 1 is 1.18 bits per heavy atom. The van der Waals surface area contributed by atoms with Crippen LogP contribution in [-0.2, 0) is 22.1 Å². The van der Waals surface area contributed by atoms with E-state index >= 15 is 0 Å². The van der Waals surface area contributed by atoms with Gasteiger partial charge in [-0.3, -0.25) is 19.4 Å². The van der Waals surface area contributed by atoms with Crippen molar-refractivity contribution in [2.24, 2.45) is 0 Å². The van der Waals surface area contributed by atoms with E-state index < -0.39 is 15.6 Å². The summed E-state index contributed by atoms with van der Waals surface area (Å²) in [4.78, 5) is 22.4. The van der Waals surface area contributed by atoms with Gasteiger partial charge in [-0.15, -0.1) is 0 Å². The molecule has 5 rings (SSSR count). The molecule has 3 aromatic heterocycles. The Kier molecular flexibility index (Phi) is 7.22. The number of hydrogen-bond acceptors (Lipinski definition) is 8. The molecule has 0 bridgehead atoms. The van der Waals surface area contributed by atoms with Crippen LogP contribution < -0.4 is 10.9 Å². The monoisotopic (exact) mass is 546 g/mol. The van der Waals surface area contributed by atoms with E-state index in [0.29, 0.717) is 35.2 Å². The second kappa shape index (κ2) is 10.6. The predicted octanol–water partition coefficient (Wildman–Crippen LogP) is 3.02. The van der Waals surface area contributed by atoms with Crippen LogP contribution in [-0.4, -0.2) is 64.6 Å². The van der Waals surface area contributed by atoms with E-state index in [1.165, 1.54) is 26.2 Å². The molecule has 1 fully saturated rings. The first-order valence-corrected chi connectivity index (χ1v) is 14.1. The first-order chi connectivity index (χ1) is 18.7. The third-order valence-electron chi connectivity index (χ3n) is 7.25. The molecule has 0 saturated carbocycles. The number of benzene rings is 1. The maximum absolute atomic E-state index is 13.0. The largest absolute Gasteiger partial charge is 0.338 e. The van der Waals surface area contributed by atoms with Crippen molar-refractivity contribution in [1.82, 2.24) is 29.0 Å². The number of nitrogens with one attached hydrogen (secondary N) is 2. The number of fused-ring (bicyclic) bond motifs is 1. The molecule has 202 valence electrons. The third kappa shape index (κ3) is 5.16. The summed E-state index contributed by atoms with van der Waals surface area (Å²) < 4.78 is 28.3. The molecule has 12 heteroatoms. The molecule has 11 nitrogen and oxygen atoms in total. The number of nitriles is 1. The lowest BCUT2D eigenvalue weighted by Gasteiger charge is -2.41. The van der Waals surface area contributed by atoms with Crippen LogP contribution >= 0.6 is 0 Å². The summed E-state index contributed by atoms with van der Waals surface area (Å²) in [5.74, 6) is 0.307. The molecule has 1 aliphatic heterocycles. The fourth-order valence-corrected chi connectivity index (χ4v) is 6.04. The molecule has 0 unspecified atom stereocenters. The first-order valence-electron chi connectivity index (χ1n) is 12.6. The lowest BCUT2D eigenvalue weighted by molar-refractivity contribution is 0.101. The normalized spacial score (nSPS) is 15.8. The highest BCUT2D eigenvalue weighted by atomic mass is 32.2. The zero-order valence-corrected chi connectivity index (χ0v) is 22.6. The van der Waals surface area contributed by atoms with Crippen LogP contribution in [0, 0.1) is 11.3 Å². The SMILES string of the molecule is CN(C)S(=O)(=O)c1cccc(Nc2nn(C3(CC#N)CCN(Cc4cccnc4)CC3)c3cc[nH]c(=O)c23)c1. The van der Waals surface area contributed by atoms with Gasteiger partial charge in [0.05, 0.1) is 28.4 Å². The van der Waals surface area contributed by atoms with Crippen LogP contribution in [0.25, 0.3) is 10.9 Å². The predicted molar refractivity (Wildman–Crippen MR) is 148 cm³/mol. The number of hydrogen-bond donors (Lipinski definition) is 2. The van der Waals surface area contributed by atoms with Crippen molar-refractivity contribution in [3.63, 3.8) is 0 Å². The average Bonchev–Trinajstić information content (AvgIpc) is 3.31. The number of likely N-dealkylation sites (tertiary alicyclic amines) is 1. The number of H-pyrrole nitrogens is 1. The summed E-state index contributed by atoms with van der Waals surface area (Å²) in [6.45, 7) is 2.29. The highest BCUT2D eigenvalue weighted by molar-refractivity contribution is 7.89. The number of piperidine rings is 1. The van der Waals surface area contributed by atoms with Gasteiger partial charge in [0.25, 0.3) is 5.56 Å². The Morgan fingerprint density at radius 2 is 1.97 bits per heavy atom. The van der Waals surface area contributed by atoms with Gasteiger partial charge < -0.3 is 10.3 Å². The summed E-state index contributed by atoms with van der Waals surface area (Å²) in [7, 11) is -0.698. The van der Waals surface area contributed by atoms with Crippen LogP contribution in [0.15, 0.2) is 70.7 Å². The van der Waals surface area contributed by atoms with E-state index in [1.807, 2.05) is 23.0 Å². The van der Waals surface area contributed by atoms with Crippen molar-refractivity contribution in [2.75, 3.05) is 32.5 Å². The minimum atomic E-state index is -3.64. The van der Waals surface area contributed by atoms with E-state index in [1.54, 1.807) is 30.6 Å². The van der Waals surface area contributed by atoms with E-state index in [9.17, 15) is 18.5 Å². The molecule has 4 heterocycles. The first kappa shape index (κ1) is 26.6. The highest BCUT2D eigenvalue weighted by Gasteiger charge is 2.39. The number of sulfonamides is 1. The number of anilines is 2. The van der Waals surface area contributed by atoms with Crippen molar-refractivity contribution in [3.05, 3.63) is 77.0 Å². The average molecular weight is 547 g/mol. The molecule has 0 aliphatic carbocycles. The minimum absolute atomic E-state index is 0.122. The molecule has 39 heavy (non-hydrogen) atoms. The maximum atomic E-state index is 13.0. The Labute approximate surface area is 226 Å². The molecular formula is C27H30N8O3S. The smallest absolute Gasteiger partial charge is 0.261 e. The van der Waals surface area contributed by atoms with Gasteiger partial charge in [0.1, 0.15) is 5.39 Å². The van der Waals surface area contributed by atoms with E-state index in [2.05, 4.69) is 26.3 Å². The van der Waals surface area contributed by atoms with Crippen molar-refractivity contribution in [1.29, 1.82) is 5.26 Å². The van der Waals surface area contributed by atoms with Gasteiger partial charge in [0.2, 0.25) is 10.0 Å². The van der Waals surface area contributed by atoms with Crippen molar-refractivity contribution in [2.45, 2.75) is 36.2 Å². The molecule has 1 saturated heterocycles. The number of aromatic amines is 1. The van der Waals surface area contributed by atoms with Crippen LogP contribution in [0.2, 0.25) is 0 Å². The van der Waals surface area contributed by atoms with Crippen molar-refractivity contribution >= 4 is 32.4 Å². The molecule has 0 spiro atoms. The Morgan fingerprint density at radius 3 is 2.67 bits per heavy atom. The maximum Gasteiger partial charge on any atom is 0.261 e. The van der Waals surface area contributed by atoms with E-state index in [4.69, 9.17) is 5.10 Å². The molecule has 2 N–H and O–H groups in total. The van der Waals surface area contributed by atoms with Gasteiger partial charge in [-0.1, -0.05) is 12.1 Å². The summed E-state index contributed by atoms with van der Waals surface area (Å²) >= 11 is 0. The minimum Gasteiger partial charge on any atom is -0.338 e. The van der Waals surface area contributed by atoms with E-state index in [0.717, 1.165) is 29.5 Å². The van der Waals surface area contributed by atoms with Crippen LogP contribution in [0.3, 0.4) is 0 Å². The Bertz CT molecular complexity index is 1680. The lowest BCUT2D eigenvalue weighted by atomic mass is 9.84. The van der Waals surface area contributed by atoms with E-state index in [-0.39, 0.29) is 16.9 Å². The fourth-order valence-electron chi connectivity index (χ4n) is 5.10. The summed E-state index contributed by atoms with van der Waals surface area (Å²) in [6.07, 6.45) is 6.80. The molecule has 0 atom stereocenters. The zero-order valence-electron chi connectivity index (χ0n) is 21.8. The standard InChI is InChI=1S/C27H30N8O3S/c1-33(2)39(37,38)22-7-3-6-21(17-22)31-25-24-23(8-14-30-26(24)36)35(32-25)27(9-12-28)10-15-34(16-11-27)19-20-5-4-13-29-18-20/h3-8,13-14,17-18H,9-11,15-16,19H2,1-2H3,(H,30,36)(H,31,32). The second-order valence-corrected chi connectivity index (χ2v) is 12.1. The van der Waals surface area contributed by atoms with Gasteiger partial charge in [0, 0.05) is 58.0 Å². The second-order valence-electron chi connectivity index (χ2n) is 9.96. The van der Waals surface area contributed by atoms with Crippen molar-refractivity contribution in [3.8, 4) is 6.07 Å². The fraction of sp³-hybridized carbons (Fsp3) is 0.333. The summed E-state index contributed by atoms with van der Waals surface area (Å²) in [5.41, 5.74) is 1.32. The van der Waals surface area contributed by atoms with Crippen LogP contribution in [0.4, 0.5) is 11.5 Å². The van der Waals surface area contributed by atoms with Gasteiger partial charge in [-0.05, 0) is 48.7 Å². The highest BCUT2D eigenvalue weighted by Crippen LogP contribution is 2.38. The Hall–Kier alpha value is -4.05. The molecule has 1 aliphatic rings. The number of nitrogens with zero attached hydrogens (tertiary/aromatic N) is 6. The van der Waals surface area contributed by atoms with Crippen LogP contribution in [0.5, 0.6) is 0 Å². The third-order valence-corrected chi connectivity index (χ3v) is 9.06. The lowest BCUT2D eigenvalue weighted by Crippen LogP contribution is -2.46. The molecule has 4 aromatic rings. The summed E-state index contributed by atoms with van der Waals surface area (Å²) in [6, 6.07) is 14.5. The number of rotatable bonds is 8. The molecule has 0 radical (unpaired) electrons. The molecular weight excluding hydrogens is 516 g/mol. The number of pyridine rings is 2. The topological polar surface area (TPSA) is 140 Å². The van der Waals surface area contributed by atoms with Gasteiger partial charge in [-0.2, -0.15) is 10.4 Å². The van der Waals surface area contributed by atoms with Crippen molar-refractivity contribution < 1.29 is 8.42 Å². The molecule has 1 aromatic carbocycles. The van der Waals surface area contributed by atoms with Gasteiger partial charge in [0.15, 0.2) is 5.82 Å². The van der Waals surface area contributed by atoms with Gasteiger partial charge in [-0.25, -0.2) is 12.7 Å². The summed E-state index contributed by atoms with van der Waals surface area (Å²) in [5, 5.41) is 18.2. The zero-order chi connectivity index (χ0) is 27.6. The number of aromatic nitrogens is 4. The Balaban J connectivity index is 1.50. The van der Waals surface area contributed by atoms with Crippen LogP contribution in [0.1, 0.15) is 24.8 Å².